The van der Waals surface area contributed by atoms with Crippen LogP contribution in [0, 0.1) is 0 Å². The molecule has 0 unspecified atom stereocenters. The fourth-order valence-electron chi connectivity index (χ4n) is 1.79. The van der Waals surface area contributed by atoms with Crippen LogP contribution in [0.4, 0.5) is 4.79 Å². The van der Waals surface area contributed by atoms with Crippen molar-refractivity contribution < 1.29 is 14.3 Å². The second kappa shape index (κ2) is 5.36. The number of nitrogens with zero attached hydrogens (tertiary/aromatic N) is 2. The molecule has 5 nitrogen and oxygen atoms in total. The van der Waals surface area contributed by atoms with Crippen LogP contribution in [0.15, 0.2) is 23.4 Å². The first kappa shape index (κ1) is 14.7. The summed E-state index contributed by atoms with van der Waals surface area (Å²) in [5, 5.41) is 0.294. The maximum Gasteiger partial charge on any atom is 0.421 e. The van der Waals surface area contributed by atoms with E-state index in [9.17, 15) is 4.79 Å². The summed E-state index contributed by atoms with van der Waals surface area (Å²) < 4.78 is 12.1. The molecule has 0 amide bonds. The Hall–Kier alpha value is -1.69. The zero-order valence-corrected chi connectivity index (χ0v) is 12.9. The van der Waals surface area contributed by atoms with Crippen LogP contribution in [-0.2, 0) is 4.74 Å². The highest BCUT2D eigenvalue weighted by atomic mass is 32.1. The molecule has 0 saturated carbocycles. The zero-order valence-electron chi connectivity index (χ0n) is 12.0. The van der Waals surface area contributed by atoms with E-state index in [1.54, 1.807) is 18.2 Å². The Kier molecular flexibility index (Phi) is 3.94. The van der Waals surface area contributed by atoms with Crippen LogP contribution in [0.1, 0.15) is 27.7 Å². The van der Waals surface area contributed by atoms with Gasteiger partial charge in [-0.1, -0.05) is 0 Å². The maximum absolute atomic E-state index is 12.2. The molecule has 0 spiro atoms. The van der Waals surface area contributed by atoms with Crippen LogP contribution in [0.5, 0.6) is 5.75 Å². The topological polar surface area (TPSA) is 53.4 Å². The lowest BCUT2D eigenvalue weighted by Gasteiger charge is -2.19. The van der Waals surface area contributed by atoms with Gasteiger partial charge in [0.15, 0.2) is 5.16 Å². The van der Waals surface area contributed by atoms with Crippen LogP contribution in [-0.4, -0.2) is 27.9 Å². The van der Waals surface area contributed by atoms with E-state index in [1.165, 1.54) is 4.57 Å². The van der Waals surface area contributed by atoms with E-state index >= 15 is 0 Å². The molecule has 6 heteroatoms. The van der Waals surface area contributed by atoms with Gasteiger partial charge in [0.2, 0.25) is 0 Å². The summed E-state index contributed by atoms with van der Waals surface area (Å²) in [4.78, 5) is 16.4. The molecular formula is C14H18N2O3S. The van der Waals surface area contributed by atoms with Gasteiger partial charge in [-0.3, -0.25) is 0 Å². The second-order valence-corrected chi connectivity index (χ2v) is 5.71. The standard InChI is InChI=1S/C14H18N2O3S/c1-5-18-9-6-7-11-10(8-9)15-12(20)16(11)13(17)19-14(2,3)4/h6-8H,5H2,1-4H3,(H,15,20). The van der Waals surface area contributed by atoms with Crippen molar-refractivity contribution in [2.24, 2.45) is 0 Å². The Morgan fingerprint density at radius 2 is 2.10 bits per heavy atom. The number of thiol groups is 1. The van der Waals surface area contributed by atoms with E-state index < -0.39 is 11.7 Å². The molecule has 1 heterocycles. The van der Waals surface area contributed by atoms with Gasteiger partial charge in [-0.05, 0) is 39.8 Å². The number of benzene rings is 1. The Morgan fingerprint density at radius 1 is 1.40 bits per heavy atom. The van der Waals surface area contributed by atoms with Crippen LogP contribution >= 0.6 is 12.6 Å². The fourth-order valence-corrected chi connectivity index (χ4v) is 2.09. The number of rotatable bonds is 2. The molecule has 0 aliphatic rings. The van der Waals surface area contributed by atoms with Gasteiger partial charge in [0, 0.05) is 6.07 Å². The Balaban J connectivity index is 2.44. The van der Waals surface area contributed by atoms with Crippen LogP contribution in [0.3, 0.4) is 0 Å². The van der Waals surface area contributed by atoms with Gasteiger partial charge >= 0.3 is 6.09 Å². The lowest BCUT2D eigenvalue weighted by molar-refractivity contribution is 0.0530. The minimum atomic E-state index is -0.570. The molecule has 1 aromatic carbocycles. The van der Waals surface area contributed by atoms with Gasteiger partial charge in [-0.25, -0.2) is 14.3 Å². The van der Waals surface area contributed by atoms with E-state index in [0.717, 1.165) is 0 Å². The minimum Gasteiger partial charge on any atom is -0.494 e. The van der Waals surface area contributed by atoms with Crippen molar-refractivity contribution in [3.8, 4) is 5.75 Å². The van der Waals surface area contributed by atoms with E-state index in [1.807, 2.05) is 27.7 Å². The SMILES string of the molecule is CCOc1ccc2c(c1)nc(S)n2C(=O)OC(C)(C)C. The molecule has 108 valence electrons. The van der Waals surface area contributed by atoms with Gasteiger partial charge in [0.05, 0.1) is 17.6 Å². The monoisotopic (exact) mass is 294 g/mol. The van der Waals surface area contributed by atoms with Crippen LogP contribution < -0.4 is 4.74 Å². The molecule has 20 heavy (non-hydrogen) atoms. The van der Waals surface area contributed by atoms with Crippen molar-refractivity contribution in [3.63, 3.8) is 0 Å². The summed E-state index contributed by atoms with van der Waals surface area (Å²) >= 11 is 4.24. The van der Waals surface area contributed by atoms with Crippen molar-refractivity contribution in [1.29, 1.82) is 0 Å². The average molecular weight is 294 g/mol. The molecule has 0 N–H and O–H groups in total. The van der Waals surface area contributed by atoms with Crippen molar-refractivity contribution in [2.45, 2.75) is 38.5 Å². The first-order valence-electron chi connectivity index (χ1n) is 6.39. The summed E-state index contributed by atoms with van der Waals surface area (Å²) in [7, 11) is 0. The summed E-state index contributed by atoms with van der Waals surface area (Å²) in [6, 6.07) is 5.35. The first-order chi connectivity index (χ1) is 9.31. The van der Waals surface area contributed by atoms with Gasteiger partial charge < -0.3 is 9.47 Å². The molecule has 0 radical (unpaired) electrons. The average Bonchev–Trinajstić information content (AvgIpc) is 2.62. The molecule has 0 bridgehead atoms. The highest BCUT2D eigenvalue weighted by molar-refractivity contribution is 7.80. The number of carbonyl (C=O) groups is 1. The number of carbonyl (C=O) groups excluding carboxylic acids is 1. The summed E-state index contributed by atoms with van der Waals surface area (Å²) in [6.07, 6.45) is -0.492. The molecule has 0 aliphatic carbocycles. The predicted molar refractivity (Wildman–Crippen MR) is 79.8 cm³/mol. The number of hydrogen-bond donors (Lipinski definition) is 1. The van der Waals surface area contributed by atoms with Crippen LogP contribution in [0.25, 0.3) is 11.0 Å². The predicted octanol–water partition coefficient (Wildman–Crippen LogP) is 3.51. The van der Waals surface area contributed by atoms with Crippen molar-refractivity contribution in [3.05, 3.63) is 18.2 Å². The van der Waals surface area contributed by atoms with Gasteiger partial charge in [0.1, 0.15) is 11.4 Å². The maximum atomic E-state index is 12.2. The lowest BCUT2D eigenvalue weighted by Crippen LogP contribution is -2.27. The van der Waals surface area contributed by atoms with Crippen molar-refractivity contribution in [1.82, 2.24) is 9.55 Å². The number of fused-ring (bicyclic) bond motifs is 1. The molecule has 0 fully saturated rings. The van der Waals surface area contributed by atoms with E-state index in [-0.39, 0.29) is 0 Å². The van der Waals surface area contributed by atoms with Crippen molar-refractivity contribution in [2.75, 3.05) is 6.61 Å². The smallest absolute Gasteiger partial charge is 0.421 e. The molecular weight excluding hydrogens is 276 g/mol. The van der Waals surface area contributed by atoms with Gasteiger partial charge in [-0.15, -0.1) is 12.6 Å². The number of imidazole rings is 1. The molecule has 2 aromatic rings. The Labute approximate surface area is 123 Å². The first-order valence-corrected chi connectivity index (χ1v) is 6.84. The molecule has 0 aliphatic heterocycles. The van der Waals surface area contributed by atoms with E-state index in [4.69, 9.17) is 9.47 Å². The Morgan fingerprint density at radius 3 is 2.70 bits per heavy atom. The van der Waals surface area contributed by atoms with Crippen molar-refractivity contribution >= 4 is 29.8 Å². The highest BCUT2D eigenvalue weighted by Gasteiger charge is 2.22. The summed E-state index contributed by atoms with van der Waals surface area (Å²) in [5.74, 6) is 0.710. The van der Waals surface area contributed by atoms with E-state index in [2.05, 4.69) is 17.6 Å². The molecule has 0 saturated heterocycles. The van der Waals surface area contributed by atoms with Gasteiger partial charge in [0.25, 0.3) is 0 Å². The Bertz CT molecular complexity index is 644. The molecule has 2 rings (SSSR count). The number of hydrogen-bond acceptors (Lipinski definition) is 5. The largest absolute Gasteiger partial charge is 0.494 e. The lowest BCUT2D eigenvalue weighted by atomic mass is 10.2. The third kappa shape index (κ3) is 3.07. The second-order valence-electron chi connectivity index (χ2n) is 5.31. The summed E-state index contributed by atoms with van der Waals surface area (Å²) in [5.41, 5.74) is 0.721. The van der Waals surface area contributed by atoms with Crippen LogP contribution in [0.2, 0.25) is 0 Å². The fraction of sp³-hybridized carbons (Fsp3) is 0.429. The highest BCUT2D eigenvalue weighted by Crippen LogP contribution is 2.24. The van der Waals surface area contributed by atoms with Gasteiger partial charge in [-0.2, -0.15) is 0 Å². The quantitative estimate of drug-likeness (QED) is 0.861. The number of aromatic nitrogens is 2. The minimum absolute atomic E-state index is 0.294. The zero-order chi connectivity index (χ0) is 14.9. The summed E-state index contributed by atoms with van der Waals surface area (Å²) in [6.45, 7) is 7.93. The third-order valence-electron chi connectivity index (χ3n) is 2.50. The third-order valence-corrected chi connectivity index (χ3v) is 2.80. The molecule has 1 aromatic heterocycles. The number of ether oxygens (including phenoxy) is 2. The normalized spacial score (nSPS) is 11.7. The molecule has 0 atom stereocenters. The van der Waals surface area contributed by atoms with E-state index in [0.29, 0.717) is 28.5 Å².